The van der Waals surface area contributed by atoms with Gasteiger partial charge in [-0.25, -0.2) is 14.0 Å². The molecule has 4 atom stereocenters. The first-order valence-electron chi connectivity index (χ1n) is 7.58. The normalized spacial score (nSPS) is 32.6. The van der Waals surface area contributed by atoms with E-state index in [2.05, 4.69) is 0 Å². The molecule has 9 nitrogen and oxygen atoms in total. The molecule has 0 aliphatic carbocycles. The smallest absolute Gasteiger partial charge is 0.330 e. The summed E-state index contributed by atoms with van der Waals surface area (Å²) < 4.78 is 26.4. The molecule has 1 fully saturated rings. The van der Waals surface area contributed by atoms with Crippen molar-refractivity contribution in [2.45, 2.75) is 63.9 Å². The molecule has 1 aromatic rings. The van der Waals surface area contributed by atoms with E-state index in [-0.39, 0.29) is 5.56 Å². The van der Waals surface area contributed by atoms with Crippen molar-refractivity contribution >= 4 is 5.97 Å². The molecule has 140 valence electrons. The predicted octanol–water partition coefficient (Wildman–Crippen LogP) is -0.540. The van der Waals surface area contributed by atoms with Gasteiger partial charge in [-0.3, -0.25) is 14.3 Å². The fraction of sp³-hybridized carbons (Fsp3) is 0.667. The van der Waals surface area contributed by atoms with Gasteiger partial charge in [0.2, 0.25) is 6.29 Å². The molecule has 10 heteroatoms. The molecule has 1 aromatic heterocycles. The van der Waals surface area contributed by atoms with Crippen LogP contribution in [0.2, 0.25) is 0 Å². The van der Waals surface area contributed by atoms with Gasteiger partial charge in [0.25, 0.3) is 5.56 Å². The van der Waals surface area contributed by atoms with Gasteiger partial charge in [-0.2, -0.15) is 0 Å². The van der Waals surface area contributed by atoms with Crippen molar-refractivity contribution in [3.8, 4) is 0 Å². The molecule has 0 spiro atoms. The lowest BCUT2D eigenvalue weighted by Gasteiger charge is -2.33. The Bertz CT molecular complexity index is 805. The number of rotatable bonds is 3. The summed E-state index contributed by atoms with van der Waals surface area (Å²) in [5, 5.41) is 10.5. The highest BCUT2D eigenvalue weighted by Crippen LogP contribution is 2.48. The van der Waals surface area contributed by atoms with Gasteiger partial charge in [0.1, 0.15) is 5.54 Å². The summed E-state index contributed by atoms with van der Waals surface area (Å²) in [6.07, 6.45) is -2.23. The van der Waals surface area contributed by atoms with Crippen LogP contribution in [-0.2, 0) is 14.3 Å². The molecule has 25 heavy (non-hydrogen) atoms. The molecule has 0 aromatic carbocycles. The summed E-state index contributed by atoms with van der Waals surface area (Å²) in [7, 11) is 0. The molecular weight excluding hydrogens is 337 g/mol. The first-order valence-corrected chi connectivity index (χ1v) is 7.58. The average molecular weight is 359 g/mol. The standard InChI is InChI=1S/C15H22FN3O6/c1-7-6-19(12(22)18-8(7)20)9-14(4,16)15(5,23)11(24-9)25-10(21)13(2,3)17/h6,9,11,23H,17H2,1-5H3,(H,18,20,22)/t9-,11-,14+,15+/m1/s1. The van der Waals surface area contributed by atoms with E-state index < -0.39 is 46.5 Å². The Hall–Kier alpha value is -2.04. The lowest BCUT2D eigenvalue weighted by Crippen LogP contribution is -2.54. The van der Waals surface area contributed by atoms with Crippen LogP contribution in [0.1, 0.15) is 39.5 Å². The van der Waals surface area contributed by atoms with Crippen molar-refractivity contribution in [2.75, 3.05) is 0 Å². The maximum Gasteiger partial charge on any atom is 0.330 e. The number of ether oxygens (including phenoxy) is 2. The van der Waals surface area contributed by atoms with Crippen molar-refractivity contribution in [1.82, 2.24) is 9.55 Å². The van der Waals surface area contributed by atoms with E-state index in [9.17, 15) is 19.5 Å². The maximum absolute atomic E-state index is 15.3. The molecule has 1 aliphatic rings. The van der Waals surface area contributed by atoms with Crippen molar-refractivity contribution in [3.05, 3.63) is 32.6 Å². The second-order valence-electron chi connectivity index (χ2n) is 7.15. The van der Waals surface area contributed by atoms with Gasteiger partial charge < -0.3 is 20.3 Å². The molecule has 0 unspecified atom stereocenters. The van der Waals surface area contributed by atoms with Crippen LogP contribution in [0, 0.1) is 6.92 Å². The Morgan fingerprint density at radius 3 is 2.56 bits per heavy atom. The van der Waals surface area contributed by atoms with Gasteiger partial charge in [-0.1, -0.05) is 0 Å². The summed E-state index contributed by atoms with van der Waals surface area (Å²) in [5.74, 6) is -0.917. The van der Waals surface area contributed by atoms with E-state index in [4.69, 9.17) is 15.2 Å². The molecule has 0 radical (unpaired) electrons. The number of nitrogens with two attached hydrogens (primary N) is 1. The zero-order valence-electron chi connectivity index (χ0n) is 14.6. The van der Waals surface area contributed by atoms with Gasteiger partial charge in [0.05, 0.1) is 0 Å². The number of carbonyl (C=O) groups excluding carboxylic acids is 1. The highest BCUT2D eigenvalue weighted by molar-refractivity contribution is 5.79. The molecule has 0 bridgehead atoms. The zero-order chi connectivity index (χ0) is 19.4. The molecule has 1 saturated heterocycles. The Labute approximate surface area is 142 Å². The first-order chi connectivity index (χ1) is 11.2. The Balaban J connectivity index is 2.46. The number of alkyl halides is 1. The second kappa shape index (κ2) is 5.75. The number of halogens is 1. The van der Waals surface area contributed by atoms with Crippen LogP contribution in [0.5, 0.6) is 0 Å². The SMILES string of the molecule is Cc1cn([C@@H]2O[C@H](OC(=O)C(C)(C)N)[C@](C)(O)[C@@]2(C)F)c(=O)[nH]c1=O. The largest absolute Gasteiger partial charge is 0.431 e. The summed E-state index contributed by atoms with van der Waals surface area (Å²) in [5.41, 5.74) is -1.98. The van der Waals surface area contributed by atoms with E-state index in [0.29, 0.717) is 0 Å². The number of aliphatic hydroxyl groups is 1. The van der Waals surface area contributed by atoms with Crippen molar-refractivity contribution in [2.24, 2.45) is 5.73 Å². The Morgan fingerprint density at radius 2 is 2.04 bits per heavy atom. The summed E-state index contributed by atoms with van der Waals surface area (Å²) in [6, 6.07) is 0. The summed E-state index contributed by atoms with van der Waals surface area (Å²) in [4.78, 5) is 37.5. The van der Waals surface area contributed by atoms with Crippen LogP contribution in [0.3, 0.4) is 0 Å². The molecule has 0 saturated carbocycles. The van der Waals surface area contributed by atoms with Crippen LogP contribution in [0.4, 0.5) is 4.39 Å². The number of carbonyl (C=O) groups is 1. The van der Waals surface area contributed by atoms with Crippen LogP contribution in [0.25, 0.3) is 0 Å². The van der Waals surface area contributed by atoms with Crippen LogP contribution in [-0.4, -0.2) is 43.7 Å². The summed E-state index contributed by atoms with van der Waals surface area (Å²) in [6.45, 7) is 6.26. The minimum atomic E-state index is -2.52. The molecule has 2 heterocycles. The highest BCUT2D eigenvalue weighted by Gasteiger charge is 2.65. The number of H-pyrrole nitrogens is 1. The van der Waals surface area contributed by atoms with Crippen molar-refractivity contribution in [1.29, 1.82) is 0 Å². The second-order valence-corrected chi connectivity index (χ2v) is 7.15. The third-order valence-electron chi connectivity index (χ3n) is 4.30. The molecule has 0 amide bonds. The molecule has 4 N–H and O–H groups in total. The van der Waals surface area contributed by atoms with Crippen molar-refractivity contribution in [3.63, 3.8) is 0 Å². The average Bonchev–Trinajstić information content (AvgIpc) is 2.61. The van der Waals surface area contributed by atoms with E-state index in [1.165, 1.54) is 20.8 Å². The monoisotopic (exact) mass is 359 g/mol. The minimum absolute atomic E-state index is 0.141. The third-order valence-corrected chi connectivity index (χ3v) is 4.30. The van der Waals surface area contributed by atoms with Crippen LogP contribution >= 0.6 is 0 Å². The third kappa shape index (κ3) is 3.12. The quantitative estimate of drug-likeness (QED) is 0.616. The van der Waals surface area contributed by atoms with Gasteiger partial charge in [0, 0.05) is 11.8 Å². The Morgan fingerprint density at radius 1 is 1.48 bits per heavy atom. The first kappa shape index (κ1) is 19.3. The zero-order valence-corrected chi connectivity index (χ0v) is 14.6. The predicted molar refractivity (Wildman–Crippen MR) is 84.5 cm³/mol. The van der Waals surface area contributed by atoms with Crippen LogP contribution in [0.15, 0.2) is 15.8 Å². The van der Waals surface area contributed by atoms with E-state index in [1.807, 2.05) is 4.98 Å². The molecular formula is C15H22FN3O6. The number of hydrogen-bond acceptors (Lipinski definition) is 7. The van der Waals surface area contributed by atoms with E-state index in [0.717, 1.165) is 24.6 Å². The number of esters is 1. The minimum Gasteiger partial charge on any atom is -0.431 e. The number of nitrogens with one attached hydrogen (secondary N) is 1. The van der Waals surface area contributed by atoms with Gasteiger partial charge in [-0.15, -0.1) is 0 Å². The van der Waals surface area contributed by atoms with Crippen molar-refractivity contribution < 1.29 is 23.8 Å². The fourth-order valence-corrected chi connectivity index (χ4v) is 2.34. The number of hydrogen-bond donors (Lipinski definition) is 3. The fourth-order valence-electron chi connectivity index (χ4n) is 2.34. The number of aryl methyl sites for hydroxylation is 1. The van der Waals surface area contributed by atoms with E-state index in [1.54, 1.807) is 0 Å². The van der Waals surface area contributed by atoms with Gasteiger partial charge in [-0.05, 0) is 34.6 Å². The lowest BCUT2D eigenvalue weighted by molar-refractivity contribution is -0.214. The van der Waals surface area contributed by atoms with Gasteiger partial charge >= 0.3 is 11.7 Å². The van der Waals surface area contributed by atoms with E-state index >= 15 is 4.39 Å². The van der Waals surface area contributed by atoms with Crippen LogP contribution < -0.4 is 17.0 Å². The lowest BCUT2D eigenvalue weighted by atomic mass is 9.88. The number of aromatic nitrogens is 2. The Kier molecular flexibility index (Phi) is 4.44. The number of nitrogens with zero attached hydrogens (tertiary/aromatic N) is 1. The topological polar surface area (TPSA) is 137 Å². The van der Waals surface area contributed by atoms with Gasteiger partial charge in [0.15, 0.2) is 17.5 Å². The molecule has 1 aliphatic heterocycles. The summed E-state index contributed by atoms with van der Waals surface area (Å²) >= 11 is 0. The maximum atomic E-state index is 15.3. The number of aromatic amines is 1. The highest BCUT2D eigenvalue weighted by atomic mass is 19.1. The molecule has 2 rings (SSSR count).